The number of aromatic amines is 1. The quantitative estimate of drug-likeness (QED) is 0.113. The van der Waals surface area contributed by atoms with E-state index in [1.807, 2.05) is 0 Å². The standard InChI is InChI=1S/C28H34N6O8/c1-15(35)24(28(41)42)34-27(40)23(11-17-4-8-20(37)9-5-17)33-26(39)22(10-16-2-6-19(36)7-3-16)32-25(38)21(29)12-18-13-30-14-31-18/h2-9,13-15,21-24,35-37H,10-12,29H2,1H3,(H,30,31)(H,32,38)(H,33,39)(H,34,40)(H,41,42). The summed E-state index contributed by atoms with van der Waals surface area (Å²) in [6.45, 7) is 1.20. The first-order valence-corrected chi connectivity index (χ1v) is 13.0. The number of carboxylic acid groups (broad SMARTS) is 1. The van der Waals surface area contributed by atoms with Gasteiger partial charge in [0, 0.05) is 31.2 Å². The van der Waals surface area contributed by atoms with Crippen LogP contribution in [0.5, 0.6) is 11.5 Å². The van der Waals surface area contributed by atoms with Crippen LogP contribution in [-0.2, 0) is 38.4 Å². The molecule has 3 rings (SSSR count). The summed E-state index contributed by atoms with van der Waals surface area (Å²) < 4.78 is 0. The Morgan fingerprint density at radius 3 is 1.71 bits per heavy atom. The van der Waals surface area contributed by atoms with Crippen molar-refractivity contribution in [2.45, 2.75) is 56.5 Å². The second kappa shape index (κ2) is 14.6. The molecule has 0 saturated heterocycles. The normalized spacial score (nSPS) is 14.5. The topological polar surface area (TPSA) is 240 Å². The van der Waals surface area contributed by atoms with E-state index in [0.29, 0.717) is 16.8 Å². The van der Waals surface area contributed by atoms with E-state index in [1.54, 1.807) is 12.1 Å². The fourth-order valence-corrected chi connectivity index (χ4v) is 4.07. The Morgan fingerprint density at radius 1 is 0.810 bits per heavy atom. The average molecular weight is 583 g/mol. The zero-order valence-electron chi connectivity index (χ0n) is 22.7. The molecule has 5 unspecified atom stereocenters. The van der Waals surface area contributed by atoms with Gasteiger partial charge in [0.25, 0.3) is 0 Å². The zero-order chi connectivity index (χ0) is 30.8. The Labute approximate surface area is 241 Å². The van der Waals surface area contributed by atoms with Crippen molar-refractivity contribution in [3.05, 3.63) is 77.9 Å². The van der Waals surface area contributed by atoms with Gasteiger partial charge >= 0.3 is 5.97 Å². The van der Waals surface area contributed by atoms with Crippen molar-refractivity contribution in [2.24, 2.45) is 5.73 Å². The number of H-pyrrole nitrogens is 1. The predicted octanol–water partition coefficient (Wildman–Crippen LogP) is -0.904. The number of aromatic hydroxyl groups is 2. The minimum atomic E-state index is -1.65. The van der Waals surface area contributed by atoms with Crippen LogP contribution in [0.15, 0.2) is 61.1 Å². The van der Waals surface area contributed by atoms with E-state index in [0.717, 1.165) is 0 Å². The second-order valence-electron chi connectivity index (χ2n) is 9.82. The molecule has 0 bridgehead atoms. The number of hydrogen-bond donors (Lipinski definition) is 9. The van der Waals surface area contributed by atoms with Crippen LogP contribution >= 0.6 is 0 Å². The number of benzene rings is 2. The molecule has 0 saturated carbocycles. The van der Waals surface area contributed by atoms with Crippen LogP contribution in [0.1, 0.15) is 23.7 Å². The van der Waals surface area contributed by atoms with Gasteiger partial charge in [0.05, 0.1) is 18.5 Å². The number of aromatic nitrogens is 2. The van der Waals surface area contributed by atoms with Crippen molar-refractivity contribution in [2.75, 3.05) is 0 Å². The number of carboxylic acids is 1. The van der Waals surface area contributed by atoms with Gasteiger partial charge in [0.1, 0.15) is 23.6 Å². The van der Waals surface area contributed by atoms with Gasteiger partial charge in [-0.3, -0.25) is 14.4 Å². The number of carbonyl (C=O) groups is 4. The second-order valence-corrected chi connectivity index (χ2v) is 9.82. The van der Waals surface area contributed by atoms with Crippen LogP contribution < -0.4 is 21.7 Å². The Balaban J connectivity index is 1.85. The third-order valence-electron chi connectivity index (χ3n) is 6.40. The summed E-state index contributed by atoms with van der Waals surface area (Å²) in [6.07, 6.45) is 1.48. The van der Waals surface area contributed by atoms with Crippen molar-refractivity contribution in [1.29, 1.82) is 0 Å². The lowest BCUT2D eigenvalue weighted by Gasteiger charge is -2.26. The largest absolute Gasteiger partial charge is 0.508 e. The lowest BCUT2D eigenvalue weighted by atomic mass is 10.0. The van der Waals surface area contributed by atoms with Crippen LogP contribution in [0.2, 0.25) is 0 Å². The Bertz CT molecular complexity index is 1350. The number of rotatable bonds is 14. The SMILES string of the molecule is CC(O)C(NC(=O)C(Cc1ccc(O)cc1)NC(=O)C(Cc1ccc(O)cc1)NC(=O)C(N)Cc1cnc[nH]1)C(=O)O. The van der Waals surface area contributed by atoms with Crippen molar-refractivity contribution in [3.63, 3.8) is 0 Å². The third kappa shape index (κ3) is 9.31. The molecule has 0 aliphatic carbocycles. The van der Waals surface area contributed by atoms with Gasteiger partial charge in [-0.05, 0) is 42.3 Å². The number of aliphatic carboxylic acids is 1. The minimum Gasteiger partial charge on any atom is -0.508 e. The number of imidazole rings is 1. The summed E-state index contributed by atoms with van der Waals surface area (Å²) in [5.74, 6) is -3.81. The molecule has 0 aliphatic heterocycles. The Morgan fingerprint density at radius 2 is 1.29 bits per heavy atom. The fraction of sp³-hybridized carbons (Fsp3) is 0.321. The number of aliphatic hydroxyl groups excluding tert-OH is 1. The van der Waals surface area contributed by atoms with Crippen molar-refractivity contribution in [3.8, 4) is 11.5 Å². The molecule has 5 atom stereocenters. The molecule has 42 heavy (non-hydrogen) atoms. The molecule has 0 fully saturated rings. The van der Waals surface area contributed by atoms with E-state index in [4.69, 9.17) is 5.73 Å². The molecule has 0 radical (unpaired) electrons. The van der Waals surface area contributed by atoms with Gasteiger partial charge < -0.3 is 47.1 Å². The van der Waals surface area contributed by atoms with E-state index in [9.17, 15) is 39.6 Å². The molecule has 2 aromatic carbocycles. The van der Waals surface area contributed by atoms with Crippen LogP contribution in [0.3, 0.4) is 0 Å². The summed E-state index contributed by atoms with van der Waals surface area (Å²) in [4.78, 5) is 58.1. The van der Waals surface area contributed by atoms with Crippen LogP contribution in [0.4, 0.5) is 0 Å². The Hall–Kier alpha value is -4.95. The number of aliphatic hydroxyl groups is 1. The Kier molecular flexibility index (Phi) is 11.0. The number of phenols is 2. The molecule has 3 amide bonds. The molecular weight excluding hydrogens is 548 g/mol. The lowest BCUT2D eigenvalue weighted by Crippen LogP contribution is -2.59. The molecule has 10 N–H and O–H groups in total. The van der Waals surface area contributed by atoms with Crippen molar-refractivity contribution in [1.82, 2.24) is 25.9 Å². The van der Waals surface area contributed by atoms with Gasteiger partial charge in [-0.15, -0.1) is 0 Å². The number of nitrogens with zero attached hydrogens (tertiary/aromatic N) is 1. The fourth-order valence-electron chi connectivity index (χ4n) is 4.07. The van der Waals surface area contributed by atoms with Gasteiger partial charge in [0.2, 0.25) is 17.7 Å². The predicted molar refractivity (Wildman–Crippen MR) is 149 cm³/mol. The first-order valence-electron chi connectivity index (χ1n) is 13.0. The highest BCUT2D eigenvalue weighted by Crippen LogP contribution is 2.14. The lowest BCUT2D eigenvalue weighted by molar-refractivity contribution is -0.145. The molecule has 1 heterocycles. The molecule has 0 spiro atoms. The van der Waals surface area contributed by atoms with Crippen LogP contribution in [-0.4, -0.2) is 84.4 Å². The molecule has 0 aliphatic rings. The molecule has 14 nitrogen and oxygen atoms in total. The van der Waals surface area contributed by atoms with Crippen molar-refractivity contribution >= 4 is 23.7 Å². The number of hydrogen-bond acceptors (Lipinski definition) is 9. The zero-order valence-corrected chi connectivity index (χ0v) is 22.7. The van der Waals surface area contributed by atoms with Gasteiger partial charge in [0.15, 0.2) is 6.04 Å². The van der Waals surface area contributed by atoms with Gasteiger partial charge in [-0.1, -0.05) is 24.3 Å². The summed E-state index contributed by atoms with van der Waals surface area (Å²) in [5.41, 5.74) is 7.77. The highest BCUT2D eigenvalue weighted by molar-refractivity contribution is 5.94. The number of amides is 3. The first kappa shape index (κ1) is 31.6. The summed E-state index contributed by atoms with van der Waals surface area (Å²) >= 11 is 0. The maximum atomic E-state index is 13.6. The maximum absolute atomic E-state index is 13.6. The summed E-state index contributed by atoms with van der Waals surface area (Å²) in [7, 11) is 0. The molecular formula is C28H34N6O8. The number of carbonyl (C=O) groups excluding carboxylic acids is 3. The number of nitrogens with one attached hydrogen (secondary N) is 4. The van der Waals surface area contributed by atoms with E-state index in [-0.39, 0.29) is 30.8 Å². The summed E-state index contributed by atoms with van der Waals surface area (Å²) in [5, 5.41) is 45.9. The molecule has 3 aromatic rings. The van der Waals surface area contributed by atoms with E-state index < -0.39 is 54.0 Å². The monoisotopic (exact) mass is 582 g/mol. The van der Waals surface area contributed by atoms with Gasteiger partial charge in [-0.2, -0.15) is 0 Å². The minimum absolute atomic E-state index is 0.00194. The average Bonchev–Trinajstić information content (AvgIpc) is 3.45. The molecule has 1 aromatic heterocycles. The van der Waals surface area contributed by atoms with Crippen LogP contribution in [0.25, 0.3) is 0 Å². The van der Waals surface area contributed by atoms with Crippen molar-refractivity contribution < 1.29 is 39.6 Å². The first-order chi connectivity index (χ1) is 19.9. The molecule has 224 valence electrons. The summed E-state index contributed by atoms with van der Waals surface area (Å²) in [6, 6.07) is 6.53. The van der Waals surface area contributed by atoms with E-state index in [1.165, 1.54) is 55.8 Å². The number of nitrogens with two attached hydrogens (primary N) is 1. The highest BCUT2D eigenvalue weighted by atomic mass is 16.4. The van der Waals surface area contributed by atoms with E-state index in [2.05, 4.69) is 25.9 Å². The number of phenolic OH excluding ortho intramolecular Hbond substituents is 2. The van der Waals surface area contributed by atoms with Crippen LogP contribution in [0, 0.1) is 0 Å². The highest BCUT2D eigenvalue weighted by Gasteiger charge is 2.32. The molecule has 14 heteroatoms. The van der Waals surface area contributed by atoms with E-state index >= 15 is 0 Å². The van der Waals surface area contributed by atoms with Gasteiger partial charge in [-0.25, -0.2) is 9.78 Å². The maximum Gasteiger partial charge on any atom is 0.328 e. The smallest absolute Gasteiger partial charge is 0.328 e. The third-order valence-corrected chi connectivity index (χ3v) is 6.40.